The number of hydrogen-bond donors (Lipinski definition) is 2. The Kier molecular flexibility index (Phi) is 6.88. The van der Waals surface area contributed by atoms with Gasteiger partial charge >= 0.3 is 5.97 Å². The van der Waals surface area contributed by atoms with Crippen LogP contribution >= 0.6 is 0 Å². The number of para-hydroxylation sites is 1. The van der Waals surface area contributed by atoms with Crippen LogP contribution in [0.15, 0.2) is 66.4 Å². The third-order valence-electron chi connectivity index (χ3n) is 10.1. The molecular formula is C34H38N2O6. The Labute approximate surface area is 245 Å². The molecule has 2 aliphatic heterocycles. The Balaban J connectivity index is 1.45. The second-order valence-electron chi connectivity index (χ2n) is 12.7. The zero-order chi connectivity index (χ0) is 30.0. The maximum absolute atomic E-state index is 14.4. The summed E-state index contributed by atoms with van der Waals surface area (Å²) in [6.07, 6.45) is 10.1. The van der Waals surface area contributed by atoms with Gasteiger partial charge in [0.15, 0.2) is 11.9 Å². The Morgan fingerprint density at radius 3 is 2.67 bits per heavy atom. The highest BCUT2D eigenvalue weighted by Crippen LogP contribution is 2.66. The number of rotatable bonds is 3. The minimum atomic E-state index is -1.44. The summed E-state index contributed by atoms with van der Waals surface area (Å²) < 4.78 is 11.7. The van der Waals surface area contributed by atoms with Crippen molar-refractivity contribution in [3.8, 4) is 0 Å². The van der Waals surface area contributed by atoms with E-state index in [0.717, 1.165) is 16.5 Å². The molecule has 42 heavy (non-hydrogen) atoms. The fourth-order valence-electron chi connectivity index (χ4n) is 7.97. The number of hydrogen-bond acceptors (Lipinski definition) is 6. The number of esters is 1. The highest BCUT2D eigenvalue weighted by molar-refractivity contribution is 6.15. The molecule has 1 aromatic heterocycles. The van der Waals surface area contributed by atoms with Crippen molar-refractivity contribution in [1.29, 1.82) is 0 Å². The van der Waals surface area contributed by atoms with Crippen LogP contribution in [-0.4, -0.2) is 52.3 Å². The first-order valence-electron chi connectivity index (χ1n) is 14.8. The number of epoxide rings is 1. The molecule has 9 atom stereocenters. The number of nitrogens with one attached hydrogen (secondary N) is 2. The molecular weight excluding hydrogens is 532 g/mol. The lowest BCUT2D eigenvalue weighted by Crippen LogP contribution is -2.58. The van der Waals surface area contributed by atoms with Gasteiger partial charge in [-0.05, 0) is 67.9 Å². The van der Waals surface area contributed by atoms with Gasteiger partial charge in [-0.3, -0.25) is 19.2 Å². The Morgan fingerprint density at radius 2 is 1.90 bits per heavy atom. The van der Waals surface area contributed by atoms with Crippen LogP contribution in [0, 0.1) is 29.1 Å². The van der Waals surface area contributed by atoms with Gasteiger partial charge in [0.05, 0.1) is 11.7 Å². The maximum atomic E-state index is 14.4. The lowest BCUT2D eigenvalue weighted by Gasteiger charge is -2.45. The lowest BCUT2D eigenvalue weighted by molar-refractivity contribution is -0.149. The summed E-state index contributed by atoms with van der Waals surface area (Å²) in [5.41, 5.74) is 0.774. The first kappa shape index (κ1) is 28.3. The zero-order valence-corrected chi connectivity index (χ0v) is 24.7. The van der Waals surface area contributed by atoms with Crippen molar-refractivity contribution in [3.63, 3.8) is 0 Å². The molecule has 3 heterocycles. The summed E-state index contributed by atoms with van der Waals surface area (Å²) in [4.78, 5) is 57.2. The molecule has 4 aliphatic rings. The van der Waals surface area contributed by atoms with Gasteiger partial charge in [-0.15, -0.1) is 0 Å². The van der Waals surface area contributed by atoms with E-state index < -0.39 is 40.6 Å². The van der Waals surface area contributed by atoms with Crippen molar-refractivity contribution in [2.45, 2.75) is 71.3 Å². The van der Waals surface area contributed by atoms with Crippen LogP contribution < -0.4 is 5.32 Å². The number of fused-ring (bicyclic) bond motifs is 3. The molecule has 8 nitrogen and oxygen atoms in total. The van der Waals surface area contributed by atoms with Gasteiger partial charge in [0.25, 0.3) is 0 Å². The highest BCUT2D eigenvalue weighted by atomic mass is 16.6. The number of carbonyl (C=O) groups excluding carboxylic acids is 4. The summed E-state index contributed by atoms with van der Waals surface area (Å²) >= 11 is 0. The van der Waals surface area contributed by atoms with Crippen molar-refractivity contribution in [2.75, 3.05) is 0 Å². The van der Waals surface area contributed by atoms with E-state index in [0.29, 0.717) is 18.4 Å². The summed E-state index contributed by atoms with van der Waals surface area (Å²) in [5.74, 6) is -2.80. The largest absolute Gasteiger partial charge is 0.450 e. The van der Waals surface area contributed by atoms with E-state index in [1.807, 2.05) is 49.5 Å². The number of carbonyl (C=O) groups is 4. The number of benzene rings is 1. The summed E-state index contributed by atoms with van der Waals surface area (Å²) in [6, 6.07) is 7.72. The molecule has 6 rings (SSSR count). The fourth-order valence-corrected chi connectivity index (χ4v) is 7.97. The lowest BCUT2D eigenvalue weighted by atomic mass is 9.51. The van der Waals surface area contributed by atoms with Gasteiger partial charge in [-0.25, -0.2) is 0 Å². The van der Waals surface area contributed by atoms with E-state index in [1.165, 1.54) is 19.1 Å². The van der Waals surface area contributed by atoms with E-state index in [1.54, 1.807) is 6.92 Å². The molecule has 0 radical (unpaired) electrons. The third kappa shape index (κ3) is 4.30. The molecule has 2 aromatic rings. The van der Waals surface area contributed by atoms with Gasteiger partial charge < -0.3 is 19.8 Å². The van der Waals surface area contributed by atoms with Crippen molar-refractivity contribution in [2.24, 2.45) is 29.1 Å². The normalized spacial score (nSPS) is 40.6. The van der Waals surface area contributed by atoms with E-state index in [9.17, 15) is 19.2 Å². The Bertz CT molecular complexity index is 1570. The van der Waals surface area contributed by atoms with Crippen LogP contribution in [0.1, 0.15) is 46.6 Å². The molecule has 2 aliphatic carbocycles. The number of aromatic nitrogens is 1. The monoisotopic (exact) mass is 570 g/mol. The summed E-state index contributed by atoms with van der Waals surface area (Å²) in [7, 11) is 0. The van der Waals surface area contributed by atoms with E-state index in [2.05, 4.69) is 30.2 Å². The molecule has 1 aromatic carbocycles. The summed E-state index contributed by atoms with van der Waals surface area (Å²) in [5, 5.41) is 4.32. The zero-order valence-electron chi connectivity index (χ0n) is 24.7. The highest BCUT2D eigenvalue weighted by Gasteiger charge is 2.78. The average Bonchev–Trinajstić information content (AvgIpc) is 3.35. The Morgan fingerprint density at radius 1 is 1.14 bits per heavy atom. The van der Waals surface area contributed by atoms with E-state index in [-0.39, 0.29) is 35.8 Å². The predicted molar refractivity (Wildman–Crippen MR) is 157 cm³/mol. The van der Waals surface area contributed by atoms with E-state index in [4.69, 9.17) is 9.47 Å². The van der Waals surface area contributed by atoms with Crippen molar-refractivity contribution < 1.29 is 28.7 Å². The molecule has 8 heteroatoms. The molecule has 220 valence electrons. The predicted octanol–water partition coefficient (Wildman–Crippen LogP) is 4.40. The van der Waals surface area contributed by atoms with Gasteiger partial charge in [0.2, 0.25) is 11.7 Å². The average molecular weight is 571 g/mol. The van der Waals surface area contributed by atoms with Crippen LogP contribution in [0.3, 0.4) is 0 Å². The molecule has 1 amide bonds. The number of amides is 1. The van der Waals surface area contributed by atoms with E-state index >= 15 is 0 Å². The number of ether oxygens (including phenoxy) is 2. The molecule has 1 saturated carbocycles. The third-order valence-corrected chi connectivity index (χ3v) is 10.1. The van der Waals surface area contributed by atoms with Gasteiger partial charge in [0.1, 0.15) is 5.41 Å². The minimum absolute atomic E-state index is 0.0281. The van der Waals surface area contributed by atoms with Crippen LogP contribution in [0.25, 0.3) is 10.9 Å². The Hall–Kier alpha value is -3.78. The van der Waals surface area contributed by atoms with Crippen molar-refractivity contribution in [3.05, 3.63) is 72.0 Å². The number of ketones is 2. The van der Waals surface area contributed by atoms with Gasteiger partial charge in [-0.2, -0.15) is 0 Å². The number of allylic oxidation sites excluding steroid dienone is 3. The topological polar surface area (TPSA) is 118 Å². The van der Waals surface area contributed by atoms with Crippen LogP contribution in [0.4, 0.5) is 0 Å². The standard InChI is InChI=1S/C34H38N2O6/c1-18-9-8-11-24-31-33(5,42-31)20(3)29-26(16-22-17-35-25-12-7-6-10-23(22)25)36-32(40)34(24,29)28(39)14-13-27(38)30(19(2)15-18)41-21(4)37/h6-8,10-15,17-18,20,24,26,29-31,35H,9,16H2,1-5H3,(H,36,40)/b11-8-,14-13-,19-15-/t18-,20-,24-,26-,29?,30+,31-,33+,34+/m0/s1. The van der Waals surface area contributed by atoms with Crippen LogP contribution in [0.2, 0.25) is 0 Å². The molecule has 1 unspecified atom stereocenters. The molecule has 2 saturated heterocycles. The first-order valence-corrected chi connectivity index (χ1v) is 14.8. The maximum Gasteiger partial charge on any atom is 0.303 e. The molecule has 1 spiro atoms. The van der Waals surface area contributed by atoms with Crippen LogP contribution in [-0.2, 0) is 35.1 Å². The quantitative estimate of drug-likeness (QED) is 0.244. The SMILES string of the molecule is CC(=O)O[C@H]1C(=O)/C=C\C(=O)[C@@]23C(=O)N[C@@H](Cc4c[nH]c5ccccc45)C2[C@H](C)[C@@]2(C)O[C@H]2[C@@H]3/C=C\C[C@H](C)/C=C\1C. The first-order chi connectivity index (χ1) is 20.0. The van der Waals surface area contributed by atoms with Crippen molar-refractivity contribution in [1.82, 2.24) is 10.3 Å². The smallest absolute Gasteiger partial charge is 0.303 e. The minimum Gasteiger partial charge on any atom is -0.450 e. The van der Waals surface area contributed by atoms with Crippen LogP contribution in [0.5, 0.6) is 0 Å². The second kappa shape index (κ2) is 10.2. The molecule has 2 N–H and O–H groups in total. The molecule has 3 fully saturated rings. The second-order valence-corrected chi connectivity index (χ2v) is 12.7. The van der Waals surface area contributed by atoms with Crippen molar-refractivity contribution >= 4 is 34.3 Å². The fraction of sp³-hybridized carbons (Fsp3) is 0.471. The number of H-pyrrole nitrogens is 1. The summed E-state index contributed by atoms with van der Waals surface area (Å²) in [6.45, 7) is 9.17. The number of aromatic amines is 1. The van der Waals surface area contributed by atoms with Gasteiger partial charge in [-0.1, -0.05) is 50.3 Å². The molecule has 0 bridgehead atoms. The van der Waals surface area contributed by atoms with Gasteiger partial charge in [0, 0.05) is 41.9 Å².